The van der Waals surface area contributed by atoms with Gasteiger partial charge in [-0.15, -0.1) is 0 Å². The monoisotopic (exact) mass is 425 g/mol. The number of anilines is 1. The van der Waals surface area contributed by atoms with E-state index in [1.54, 1.807) is 6.20 Å². The summed E-state index contributed by atoms with van der Waals surface area (Å²) in [6, 6.07) is 15.8. The number of rotatable bonds is 5. The summed E-state index contributed by atoms with van der Waals surface area (Å²) in [6.45, 7) is 2.68. The first-order chi connectivity index (χ1) is 13.2. The number of nitrogens with one attached hydrogen (secondary N) is 1. The van der Waals surface area contributed by atoms with Gasteiger partial charge < -0.3 is 14.6 Å². The van der Waals surface area contributed by atoms with Crippen molar-refractivity contribution in [3.63, 3.8) is 0 Å². The Morgan fingerprint density at radius 1 is 1.19 bits per heavy atom. The Labute approximate surface area is 166 Å². The third kappa shape index (κ3) is 4.22. The molecule has 0 aliphatic carbocycles. The molecule has 2 heterocycles. The molecule has 3 aromatic rings. The number of halogens is 1. The number of carbonyl (C=O) groups is 1. The van der Waals surface area contributed by atoms with Crippen LogP contribution in [-0.4, -0.2) is 30.5 Å². The molecule has 4 rings (SSSR count). The van der Waals surface area contributed by atoms with E-state index in [0.29, 0.717) is 23.8 Å². The smallest absolute Gasteiger partial charge is 0.251 e. The third-order valence-corrected chi connectivity index (χ3v) is 5.42. The predicted molar refractivity (Wildman–Crippen MR) is 109 cm³/mol. The van der Waals surface area contributed by atoms with E-state index in [9.17, 15) is 4.79 Å². The summed E-state index contributed by atoms with van der Waals surface area (Å²) in [6.07, 6.45) is 4.14. The molecule has 5 nitrogen and oxygen atoms in total. The zero-order valence-corrected chi connectivity index (χ0v) is 16.4. The normalized spacial score (nSPS) is 16.5. The molecule has 0 radical (unpaired) electrons. The Morgan fingerprint density at radius 3 is 2.67 bits per heavy atom. The first-order valence-corrected chi connectivity index (χ1v) is 9.76. The molecule has 0 unspecified atom stereocenters. The number of benzene rings is 2. The first kappa shape index (κ1) is 17.8. The summed E-state index contributed by atoms with van der Waals surface area (Å²) >= 11 is 3.47. The fraction of sp³-hybridized carbons (Fsp3) is 0.238. The van der Waals surface area contributed by atoms with Gasteiger partial charge in [0.1, 0.15) is 0 Å². The van der Waals surface area contributed by atoms with E-state index in [1.807, 2.05) is 24.3 Å². The second-order valence-electron chi connectivity index (χ2n) is 6.73. The van der Waals surface area contributed by atoms with E-state index in [4.69, 9.17) is 4.42 Å². The van der Waals surface area contributed by atoms with E-state index in [1.165, 1.54) is 12.1 Å². The lowest BCUT2D eigenvalue weighted by atomic mass is 10.1. The summed E-state index contributed by atoms with van der Waals surface area (Å²) in [4.78, 5) is 18.7. The number of nitrogens with zero attached hydrogens (tertiary/aromatic N) is 2. The van der Waals surface area contributed by atoms with Gasteiger partial charge in [-0.1, -0.05) is 28.1 Å². The van der Waals surface area contributed by atoms with Crippen molar-refractivity contribution in [2.45, 2.75) is 6.42 Å². The Morgan fingerprint density at radius 2 is 1.96 bits per heavy atom. The second-order valence-corrected chi connectivity index (χ2v) is 7.65. The van der Waals surface area contributed by atoms with Crippen molar-refractivity contribution in [3.8, 4) is 11.3 Å². The highest BCUT2D eigenvalue weighted by Crippen LogP contribution is 2.25. The number of hydrogen-bond donors (Lipinski definition) is 1. The topological polar surface area (TPSA) is 58.4 Å². The van der Waals surface area contributed by atoms with Gasteiger partial charge in [0, 0.05) is 40.9 Å². The van der Waals surface area contributed by atoms with Crippen molar-refractivity contribution in [2.75, 3.05) is 24.5 Å². The van der Waals surface area contributed by atoms with Crippen LogP contribution in [0.4, 0.5) is 5.69 Å². The van der Waals surface area contributed by atoms with Gasteiger partial charge in [0.05, 0.1) is 6.20 Å². The molecule has 1 aliphatic heterocycles. The molecule has 0 saturated carbocycles. The molecular formula is C21H20BrN3O2. The van der Waals surface area contributed by atoms with Gasteiger partial charge in [-0.05, 0) is 48.7 Å². The van der Waals surface area contributed by atoms with Crippen LogP contribution in [0.25, 0.3) is 11.3 Å². The molecule has 1 saturated heterocycles. The SMILES string of the molecule is O=C(NC[C@H]1CCN(c2ccc(Br)cc2)C1)c1ccc(-c2cnco2)cc1. The lowest BCUT2D eigenvalue weighted by molar-refractivity contribution is 0.0948. The summed E-state index contributed by atoms with van der Waals surface area (Å²) < 4.78 is 6.36. The highest BCUT2D eigenvalue weighted by atomic mass is 79.9. The zero-order chi connectivity index (χ0) is 18.6. The Balaban J connectivity index is 1.30. The third-order valence-electron chi connectivity index (χ3n) is 4.89. The minimum Gasteiger partial charge on any atom is -0.444 e. The Kier molecular flexibility index (Phi) is 5.25. The largest absolute Gasteiger partial charge is 0.444 e. The molecular weight excluding hydrogens is 406 g/mol. The van der Waals surface area contributed by atoms with Crippen LogP contribution in [0, 0.1) is 5.92 Å². The minimum atomic E-state index is -0.0405. The van der Waals surface area contributed by atoms with Crippen molar-refractivity contribution in [1.29, 1.82) is 0 Å². The molecule has 138 valence electrons. The summed E-state index contributed by atoms with van der Waals surface area (Å²) in [5.74, 6) is 1.12. The Hall–Kier alpha value is -2.60. The number of hydrogen-bond acceptors (Lipinski definition) is 4. The fourth-order valence-electron chi connectivity index (χ4n) is 3.37. The molecule has 2 aromatic carbocycles. The van der Waals surface area contributed by atoms with E-state index in [-0.39, 0.29) is 5.91 Å². The van der Waals surface area contributed by atoms with Crippen molar-refractivity contribution in [1.82, 2.24) is 10.3 Å². The lowest BCUT2D eigenvalue weighted by Gasteiger charge is -2.19. The molecule has 6 heteroatoms. The molecule has 1 fully saturated rings. The number of aromatic nitrogens is 1. The molecule has 1 aromatic heterocycles. The molecule has 0 bridgehead atoms. The van der Waals surface area contributed by atoms with Crippen LogP contribution in [0.1, 0.15) is 16.8 Å². The number of amides is 1. The first-order valence-electron chi connectivity index (χ1n) is 8.97. The molecule has 1 amide bonds. The molecule has 27 heavy (non-hydrogen) atoms. The van der Waals surface area contributed by atoms with Crippen LogP contribution < -0.4 is 10.2 Å². The zero-order valence-electron chi connectivity index (χ0n) is 14.8. The average Bonchev–Trinajstić information content (AvgIpc) is 3.39. The maximum atomic E-state index is 12.4. The van der Waals surface area contributed by atoms with Crippen molar-refractivity contribution in [2.24, 2.45) is 5.92 Å². The highest BCUT2D eigenvalue weighted by molar-refractivity contribution is 9.10. The summed E-state index contributed by atoms with van der Waals surface area (Å²) in [7, 11) is 0. The molecule has 0 spiro atoms. The minimum absolute atomic E-state index is 0.0405. The van der Waals surface area contributed by atoms with Gasteiger partial charge in [0.15, 0.2) is 12.2 Å². The number of carbonyl (C=O) groups excluding carboxylic acids is 1. The molecule has 1 N–H and O–H groups in total. The van der Waals surface area contributed by atoms with Gasteiger partial charge in [0.25, 0.3) is 5.91 Å². The van der Waals surface area contributed by atoms with Gasteiger partial charge in [-0.25, -0.2) is 4.98 Å². The van der Waals surface area contributed by atoms with E-state index in [0.717, 1.165) is 29.5 Å². The van der Waals surface area contributed by atoms with Crippen LogP contribution in [0.5, 0.6) is 0 Å². The van der Waals surface area contributed by atoms with Crippen LogP contribution in [0.3, 0.4) is 0 Å². The van der Waals surface area contributed by atoms with Gasteiger partial charge >= 0.3 is 0 Å². The standard InChI is InChI=1S/C21H20BrN3O2/c22-18-5-7-19(8-6-18)25-10-9-15(13-25)11-24-21(26)17-3-1-16(2-4-17)20-12-23-14-27-20/h1-8,12,14-15H,9-11,13H2,(H,24,26)/t15-/m1/s1. The molecule has 1 aliphatic rings. The summed E-state index contributed by atoms with van der Waals surface area (Å²) in [5.41, 5.74) is 2.79. The van der Waals surface area contributed by atoms with Crippen LogP contribution in [-0.2, 0) is 0 Å². The van der Waals surface area contributed by atoms with Crippen molar-refractivity contribution < 1.29 is 9.21 Å². The summed E-state index contributed by atoms with van der Waals surface area (Å²) in [5, 5.41) is 3.07. The van der Waals surface area contributed by atoms with Crippen LogP contribution in [0.15, 0.2) is 70.0 Å². The lowest BCUT2D eigenvalue weighted by Crippen LogP contribution is -2.31. The maximum absolute atomic E-state index is 12.4. The van der Waals surface area contributed by atoms with Gasteiger partial charge in [-0.2, -0.15) is 0 Å². The highest BCUT2D eigenvalue weighted by Gasteiger charge is 2.23. The van der Waals surface area contributed by atoms with Gasteiger partial charge in [0.2, 0.25) is 0 Å². The quantitative estimate of drug-likeness (QED) is 0.659. The van der Waals surface area contributed by atoms with E-state index >= 15 is 0 Å². The van der Waals surface area contributed by atoms with E-state index in [2.05, 4.69) is 55.4 Å². The predicted octanol–water partition coefficient (Wildman–Crippen LogP) is 4.36. The average molecular weight is 426 g/mol. The maximum Gasteiger partial charge on any atom is 0.251 e. The second kappa shape index (κ2) is 7.96. The fourth-order valence-corrected chi connectivity index (χ4v) is 3.63. The van der Waals surface area contributed by atoms with Crippen LogP contribution in [0.2, 0.25) is 0 Å². The molecule has 1 atom stereocenters. The van der Waals surface area contributed by atoms with Crippen molar-refractivity contribution >= 4 is 27.5 Å². The number of oxazole rings is 1. The van der Waals surface area contributed by atoms with E-state index < -0.39 is 0 Å². The van der Waals surface area contributed by atoms with Crippen LogP contribution >= 0.6 is 15.9 Å². The van der Waals surface area contributed by atoms with Gasteiger partial charge in [-0.3, -0.25) is 4.79 Å². The Bertz CT molecular complexity index is 892. The van der Waals surface area contributed by atoms with Crippen molar-refractivity contribution in [3.05, 3.63) is 71.2 Å².